The van der Waals surface area contributed by atoms with Crippen LogP contribution in [0.5, 0.6) is 0 Å². The van der Waals surface area contributed by atoms with Gasteiger partial charge >= 0.3 is 0 Å². The van der Waals surface area contributed by atoms with Crippen LogP contribution in [-0.2, 0) is 4.79 Å². The van der Waals surface area contributed by atoms with E-state index in [4.69, 9.17) is 0 Å². The third kappa shape index (κ3) is 4.33. The van der Waals surface area contributed by atoms with E-state index in [1.165, 1.54) is 11.8 Å². The zero-order chi connectivity index (χ0) is 19.2. The molecule has 0 radical (unpaired) electrons. The molecule has 1 heterocycles. The highest BCUT2D eigenvalue weighted by Crippen LogP contribution is 2.29. The van der Waals surface area contributed by atoms with Crippen LogP contribution < -0.4 is 5.32 Å². The molecule has 4 heteroatoms. The number of aliphatic hydroxyl groups excluding tert-OH is 1. The molecular formula is C23H28N2O2. The van der Waals surface area contributed by atoms with Crippen molar-refractivity contribution in [3.05, 3.63) is 72.1 Å². The number of hydrogen-bond donors (Lipinski definition) is 2. The van der Waals surface area contributed by atoms with Crippen molar-refractivity contribution in [3.63, 3.8) is 0 Å². The minimum atomic E-state index is -0.310. The van der Waals surface area contributed by atoms with E-state index in [1.54, 1.807) is 4.90 Å². The van der Waals surface area contributed by atoms with Crippen LogP contribution in [0.25, 0.3) is 11.1 Å². The van der Waals surface area contributed by atoms with Gasteiger partial charge in [-0.05, 0) is 30.0 Å². The van der Waals surface area contributed by atoms with Gasteiger partial charge in [-0.15, -0.1) is 0 Å². The fourth-order valence-corrected chi connectivity index (χ4v) is 3.58. The van der Waals surface area contributed by atoms with Crippen molar-refractivity contribution in [3.8, 4) is 11.1 Å². The average molecular weight is 364 g/mol. The van der Waals surface area contributed by atoms with E-state index in [0.29, 0.717) is 0 Å². The molecule has 2 unspecified atom stereocenters. The van der Waals surface area contributed by atoms with Gasteiger partial charge in [-0.3, -0.25) is 4.79 Å². The fraction of sp³-hybridized carbons (Fsp3) is 0.348. The Morgan fingerprint density at radius 3 is 2.37 bits per heavy atom. The SMILES string of the molecule is CCCCCC(C)N1C(=O)C(O)=CNC1c1ccc(-c2ccccc2)cc1. The Hall–Kier alpha value is -2.75. The molecule has 0 aliphatic carbocycles. The molecule has 0 fully saturated rings. The van der Waals surface area contributed by atoms with Gasteiger partial charge in [0.2, 0.25) is 0 Å². The zero-order valence-electron chi connectivity index (χ0n) is 16.1. The molecule has 0 saturated heterocycles. The standard InChI is InChI=1S/C23H28N2O2/c1-3-4-6-9-17(2)25-22(24-16-21(26)23(25)27)20-14-12-19(13-15-20)18-10-7-5-8-11-18/h5,7-8,10-17,22,24,26H,3-4,6,9H2,1-2H3. The van der Waals surface area contributed by atoms with Gasteiger partial charge in [0.05, 0.1) is 0 Å². The lowest BCUT2D eigenvalue weighted by atomic mass is 10.0. The van der Waals surface area contributed by atoms with Gasteiger partial charge in [-0.25, -0.2) is 0 Å². The number of rotatable bonds is 7. The molecule has 0 spiro atoms. The van der Waals surface area contributed by atoms with Gasteiger partial charge in [0.25, 0.3) is 5.91 Å². The molecule has 142 valence electrons. The van der Waals surface area contributed by atoms with Gasteiger partial charge in [-0.2, -0.15) is 0 Å². The average Bonchev–Trinajstić information content (AvgIpc) is 2.71. The van der Waals surface area contributed by atoms with E-state index in [-0.39, 0.29) is 23.9 Å². The topological polar surface area (TPSA) is 52.6 Å². The molecule has 2 N–H and O–H groups in total. The molecule has 0 saturated carbocycles. The summed E-state index contributed by atoms with van der Waals surface area (Å²) in [7, 11) is 0. The third-order valence-electron chi connectivity index (χ3n) is 5.14. The Kier molecular flexibility index (Phi) is 6.17. The summed E-state index contributed by atoms with van der Waals surface area (Å²) >= 11 is 0. The zero-order valence-corrected chi connectivity index (χ0v) is 16.1. The summed E-state index contributed by atoms with van der Waals surface area (Å²) in [5, 5.41) is 13.1. The van der Waals surface area contributed by atoms with Crippen molar-refractivity contribution in [2.24, 2.45) is 0 Å². The molecule has 4 nitrogen and oxygen atoms in total. The lowest BCUT2D eigenvalue weighted by molar-refractivity contribution is -0.137. The normalized spacial score (nSPS) is 18.0. The van der Waals surface area contributed by atoms with E-state index >= 15 is 0 Å². The minimum Gasteiger partial charge on any atom is -0.502 e. The number of nitrogens with zero attached hydrogens (tertiary/aromatic N) is 1. The van der Waals surface area contributed by atoms with Crippen molar-refractivity contribution in [2.45, 2.75) is 51.7 Å². The van der Waals surface area contributed by atoms with Crippen LogP contribution in [0.3, 0.4) is 0 Å². The number of benzene rings is 2. The molecule has 27 heavy (non-hydrogen) atoms. The second-order valence-electron chi connectivity index (χ2n) is 7.14. The molecule has 0 bridgehead atoms. The lowest BCUT2D eigenvalue weighted by Crippen LogP contribution is -2.49. The quantitative estimate of drug-likeness (QED) is 0.668. The lowest BCUT2D eigenvalue weighted by Gasteiger charge is -2.39. The first-order valence-corrected chi connectivity index (χ1v) is 9.75. The third-order valence-corrected chi connectivity index (χ3v) is 5.14. The van der Waals surface area contributed by atoms with Crippen LogP contribution in [0.15, 0.2) is 66.6 Å². The van der Waals surface area contributed by atoms with Crippen LogP contribution >= 0.6 is 0 Å². The summed E-state index contributed by atoms with van der Waals surface area (Å²) in [6.45, 7) is 4.23. The second kappa shape index (κ2) is 8.76. The first kappa shape index (κ1) is 19.0. The highest BCUT2D eigenvalue weighted by atomic mass is 16.3. The Morgan fingerprint density at radius 2 is 1.70 bits per heavy atom. The number of unbranched alkanes of at least 4 members (excludes halogenated alkanes) is 2. The van der Waals surface area contributed by atoms with Crippen LogP contribution in [-0.4, -0.2) is 22.0 Å². The van der Waals surface area contributed by atoms with Crippen molar-refractivity contribution in [1.82, 2.24) is 10.2 Å². The summed E-state index contributed by atoms with van der Waals surface area (Å²) in [6.07, 6.45) is 5.44. The van der Waals surface area contributed by atoms with Gasteiger partial charge in [0.15, 0.2) is 5.76 Å². The molecular weight excluding hydrogens is 336 g/mol. The minimum absolute atomic E-state index is 0.0474. The number of amides is 1. The molecule has 3 rings (SSSR count). The van der Waals surface area contributed by atoms with Crippen molar-refractivity contribution in [2.75, 3.05) is 0 Å². The molecule has 1 aliphatic rings. The Labute approximate surface area is 161 Å². The molecule has 0 aromatic heterocycles. The highest BCUT2D eigenvalue weighted by Gasteiger charge is 2.34. The van der Waals surface area contributed by atoms with Crippen molar-refractivity contribution >= 4 is 5.91 Å². The fourth-order valence-electron chi connectivity index (χ4n) is 3.58. The molecule has 1 aliphatic heterocycles. The van der Waals surface area contributed by atoms with Crippen LogP contribution in [0.4, 0.5) is 0 Å². The van der Waals surface area contributed by atoms with Crippen molar-refractivity contribution in [1.29, 1.82) is 0 Å². The maximum atomic E-state index is 12.6. The summed E-state index contributed by atoms with van der Waals surface area (Å²) < 4.78 is 0. The Bertz CT molecular complexity index is 784. The number of carbonyl (C=O) groups excluding carboxylic acids is 1. The predicted octanol–water partition coefficient (Wildman–Crippen LogP) is 5.15. The summed E-state index contributed by atoms with van der Waals surface area (Å²) in [5.74, 6) is -0.538. The second-order valence-corrected chi connectivity index (χ2v) is 7.14. The highest BCUT2D eigenvalue weighted by molar-refractivity contribution is 5.92. The summed E-state index contributed by atoms with van der Waals surface area (Å²) in [4.78, 5) is 14.4. The number of carbonyl (C=O) groups is 1. The number of aliphatic hydroxyl groups is 1. The van der Waals surface area contributed by atoms with Crippen molar-refractivity contribution < 1.29 is 9.90 Å². The van der Waals surface area contributed by atoms with Crippen LogP contribution in [0.1, 0.15) is 51.3 Å². The van der Waals surface area contributed by atoms with Gasteiger partial charge < -0.3 is 15.3 Å². The molecule has 2 atom stereocenters. The van der Waals surface area contributed by atoms with Gasteiger partial charge in [0, 0.05) is 12.2 Å². The maximum absolute atomic E-state index is 12.6. The first-order chi connectivity index (χ1) is 13.1. The monoisotopic (exact) mass is 364 g/mol. The summed E-state index contributed by atoms with van der Waals surface area (Å²) in [6, 6.07) is 18.5. The number of nitrogens with one attached hydrogen (secondary N) is 1. The van der Waals surface area contributed by atoms with E-state index in [9.17, 15) is 9.90 Å². The van der Waals surface area contributed by atoms with Crippen LogP contribution in [0, 0.1) is 0 Å². The molecule has 1 amide bonds. The van der Waals surface area contributed by atoms with E-state index in [2.05, 4.69) is 55.6 Å². The van der Waals surface area contributed by atoms with Crippen LogP contribution in [0.2, 0.25) is 0 Å². The predicted molar refractivity (Wildman–Crippen MR) is 109 cm³/mol. The summed E-state index contributed by atoms with van der Waals surface area (Å²) in [5.41, 5.74) is 3.32. The maximum Gasteiger partial charge on any atom is 0.292 e. The Morgan fingerprint density at radius 1 is 1.04 bits per heavy atom. The van der Waals surface area contributed by atoms with E-state index < -0.39 is 0 Å². The van der Waals surface area contributed by atoms with Gasteiger partial charge in [-0.1, -0.05) is 80.8 Å². The van der Waals surface area contributed by atoms with Gasteiger partial charge in [0.1, 0.15) is 6.17 Å². The van der Waals surface area contributed by atoms with E-state index in [1.807, 2.05) is 18.2 Å². The molecule has 2 aromatic carbocycles. The van der Waals surface area contributed by atoms with E-state index in [0.717, 1.165) is 36.8 Å². The molecule has 2 aromatic rings. The first-order valence-electron chi connectivity index (χ1n) is 9.75. The largest absolute Gasteiger partial charge is 0.502 e. The number of hydrogen-bond acceptors (Lipinski definition) is 3. The Balaban J connectivity index is 1.83. The smallest absolute Gasteiger partial charge is 0.292 e.